The molecule has 0 radical (unpaired) electrons. The third-order valence-corrected chi connectivity index (χ3v) is 7.34. The summed E-state index contributed by atoms with van der Waals surface area (Å²) in [6.07, 6.45) is 2.38. The van der Waals surface area contributed by atoms with Crippen LogP contribution in [0.2, 0.25) is 0 Å². The summed E-state index contributed by atoms with van der Waals surface area (Å²) < 4.78 is 14.2. The second kappa shape index (κ2) is 7.03. The van der Waals surface area contributed by atoms with Crippen molar-refractivity contribution in [3.63, 3.8) is 0 Å². The van der Waals surface area contributed by atoms with Crippen LogP contribution in [0.4, 0.5) is 4.39 Å². The number of nitriles is 1. The van der Waals surface area contributed by atoms with E-state index in [0.29, 0.717) is 31.0 Å². The molecule has 3 heterocycles. The van der Waals surface area contributed by atoms with Gasteiger partial charge in [-0.25, -0.2) is 4.39 Å². The minimum atomic E-state index is -0.746. The number of halogens is 1. The summed E-state index contributed by atoms with van der Waals surface area (Å²) in [5.74, 6) is -0.0666. The van der Waals surface area contributed by atoms with Gasteiger partial charge in [0, 0.05) is 30.7 Å². The number of piperidine rings is 1. The number of fused-ring (bicyclic) bond motifs is 3. The molecule has 8 heteroatoms. The van der Waals surface area contributed by atoms with Gasteiger partial charge in [-0.1, -0.05) is 18.2 Å². The molecule has 7 nitrogen and oxygen atoms in total. The van der Waals surface area contributed by atoms with Crippen LogP contribution in [0.3, 0.4) is 0 Å². The smallest absolute Gasteiger partial charge is 0.242 e. The van der Waals surface area contributed by atoms with Crippen LogP contribution >= 0.6 is 0 Å². The number of amides is 2. The van der Waals surface area contributed by atoms with Gasteiger partial charge in [-0.05, 0) is 38.2 Å². The molecule has 7 atom stereocenters. The van der Waals surface area contributed by atoms with Crippen molar-refractivity contribution in [2.45, 2.75) is 62.4 Å². The van der Waals surface area contributed by atoms with Gasteiger partial charge in [0.05, 0.1) is 24.2 Å². The Hall–Kier alpha value is -2.50. The summed E-state index contributed by atoms with van der Waals surface area (Å²) in [6, 6.07) is 7.17. The van der Waals surface area contributed by atoms with E-state index in [1.165, 1.54) is 6.07 Å². The van der Waals surface area contributed by atoms with Crippen molar-refractivity contribution >= 4 is 11.8 Å². The first-order chi connectivity index (χ1) is 14.4. The van der Waals surface area contributed by atoms with Gasteiger partial charge in [0.2, 0.25) is 11.8 Å². The molecule has 30 heavy (non-hydrogen) atoms. The summed E-state index contributed by atoms with van der Waals surface area (Å²) in [7, 11) is 0. The fraction of sp³-hybridized carbons (Fsp3) is 0.591. The summed E-state index contributed by atoms with van der Waals surface area (Å²) in [4.78, 5) is 31.4. The van der Waals surface area contributed by atoms with Gasteiger partial charge >= 0.3 is 0 Å². The second-order valence-electron chi connectivity index (χ2n) is 9.10. The molecular formula is C22H26FN5O2. The zero-order chi connectivity index (χ0) is 21.2. The monoisotopic (exact) mass is 411 g/mol. The number of likely N-dealkylation sites (tertiary alicyclic amines) is 3. The van der Waals surface area contributed by atoms with Gasteiger partial charge in [-0.15, -0.1) is 0 Å². The first-order valence-corrected chi connectivity index (χ1v) is 10.7. The average molecular weight is 411 g/mol. The molecule has 5 rings (SSSR count). The number of piperazine rings is 1. The average Bonchev–Trinajstić information content (AvgIpc) is 3.07. The standard InChI is InChI=1S/C22H26FN5O2/c1-12(16-4-2-3-5-17(16)23)27-15-8-20(22(27)30)26(10-15)11-18(25)21(29)28-14(9-24)6-13-7-19(13)28/h2-5,12-15,18-20H,6-8,10-11,25H2,1H3/t12-,13?,14-,15?,18-,19-,20-/m0/s1. The van der Waals surface area contributed by atoms with Gasteiger partial charge in [0.25, 0.3) is 0 Å². The third kappa shape index (κ3) is 2.91. The van der Waals surface area contributed by atoms with Gasteiger partial charge in [0.15, 0.2) is 0 Å². The molecule has 1 aromatic rings. The van der Waals surface area contributed by atoms with Crippen molar-refractivity contribution in [1.29, 1.82) is 5.26 Å². The highest BCUT2D eigenvalue weighted by molar-refractivity contribution is 5.87. The highest BCUT2D eigenvalue weighted by Crippen LogP contribution is 2.48. The van der Waals surface area contributed by atoms with Gasteiger partial charge in [0.1, 0.15) is 11.9 Å². The first-order valence-electron chi connectivity index (χ1n) is 10.7. The predicted octanol–water partition coefficient (Wildman–Crippen LogP) is 1.01. The Labute approximate surface area is 175 Å². The van der Waals surface area contributed by atoms with Crippen LogP contribution in [0.5, 0.6) is 0 Å². The lowest BCUT2D eigenvalue weighted by Crippen LogP contribution is -2.57. The first kappa shape index (κ1) is 19.5. The van der Waals surface area contributed by atoms with Crippen molar-refractivity contribution in [1.82, 2.24) is 14.7 Å². The largest absolute Gasteiger partial charge is 0.330 e. The Morgan fingerprint density at radius 1 is 1.33 bits per heavy atom. The lowest BCUT2D eigenvalue weighted by Gasteiger charge is -2.38. The topological polar surface area (TPSA) is 93.7 Å². The van der Waals surface area contributed by atoms with E-state index >= 15 is 0 Å². The zero-order valence-electron chi connectivity index (χ0n) is 16.9. The summed E-state index contributed by atoms with van der Waals surface area (Å²) in [5, 5.41) is 9.33. The maximum atomic E-state index is 14.2. The number of hydrogen-bond donors (Lipinski definition) is 1. The van der Waals surface area contributed by atoms with Gasteiger partial charge < -0.3 is 15.5 Å². The molecule has 2 N–H and O–H groups in total. The van der Waals surface area contributed by atoms with Crippen LogP contribution in [0, 0.1) is 23.1 Å². The van der Waals surface area contributed by atoms with Crippen LogP contribution in [-0.4, -0.2) is 69.8 Å². The van der Waals surface area contributed by atoms with Crippen LogP contribution in [-0.2, 0) is 9.59 Å². The highest BCUT2D eigenvalue weighted by Gasteiger charge is 2.56. The lowest BCUT2D eigenvalue weighted by molar-refractivity contribution is -0.141. The Balaban J connectivity index is 1.24. The van der Waals surface area contributed by atoms with E-state index in [-0.39, 0.29) is 47.8 Å². The van der Waals surface area contributed by atoms with Crippen LogP contribution < -0.4 is 5.73 Å². The maximum Gasteiger partial charge on any atom is 0.242 e. The van der Waals surface area contributed by atoms with E-state index in [4.69, 9.17) is 5.73 Å². The minimum absolute atomic E-state index is 0.00846. The normalized spacial score (nSPS) is 34.1. The Bertz CT molecular complexity index is 932. The molecule has 4 aliphatic rings. The van der Waals surface area contributed by atoms with E-state index in [1.807, 2.05) is 11.8 Å². The number of nitrogens with two attached hydrogens (primary N) is 1. The molecule has 3 aliphatic heterocycles. The van der Waals surface area contributed by atoms with E-state index < -0.39 is 6.04 Å². The fourth-order valence-electron chi connectivity index (χ4n) is 5.77. The van der Waals surface area contributed by atoms with Crippen molar-refractivity contribution in [3.8, 4) is 6.07 Å². The number of rotatable bonds is 5. The fourth-order valence-corrected chi connectivity index (χ4v) is 5.77. The van der Waals surface area contributed by atoms with Crippen molar-refractivity contribution in [2.24, 2.45) is 11.7 Å². The molecule has 2 bridgehead atoms. The number of carbonyl (C=O) groups excluding carboxylic acids is 2. The molecule has 1 saturated carbocycles. The lowest BCUT2D eigenvalue weighted by atomic mass is 10.0. The molecule has 0 aromatic heterocycles. The molecule has 1 aliphatic carbocycles. The number of carbonyl (C=O) groups is 2. The van der Waals surface area contributed by atoms with Crippen molar-refractivity contribution < 1.29 is 14.0 Å². The maximum absolute atomic E-state index is 14.2. The molecule has 2 amide bonds. The minimum Gasteiger partial charge on any atom is -0.330 e. The van der Waals surface area contributed by atoms with Crippen molar-refractivity contribution in [2.75, 3.05) is 13.1 Å². The number of hydrogen-bond acceptors (Lipinski definition) is 5. The molecule has 158 valence electrons. The van der Waals surface area contributed by atoms with Gasteiger partial charge in [-0.2, -0.15) is 5.26 Å². The van der Waals surface area contributed by atoms with E-state index in [2.05, 4.69) is 6.07 Å². The Morgan fingerprint density at radius 2 is 2.10 bits per heavy atom. The summed E-state index contributed by atoms with van der Waals surface area (Å²) >= 11 is 0. The zero-order valence-corrected chi connectivity index (χ0v) is 16.9. The molecular weight excluding hydrogens is 385 g/mol. The summed E-state index contributed by atoms with van der Waals surface area (Å²) in [5.41, 5.74) is 6.76. The van der Waals surface area contributed by atoms with E-state index in [0.717, 1.165) is 12.8 Å². The van der Waals surface area contributed by atoms with Crippen LogP contribution in [0.15, 0.2) is 24.3 Å². The quantitative estimate of drug-likeness (QED) is 0.781. The summed E-state index contributed by atoms with van der Waals surface area (Å²) in [6.45, 7) is 2.79. The SMILES string of the molecule is C[C@@H](c1ccccc1F)N1C(=O)[C@@H]2CC1CN2C[C@H](N)C(=O)N1[C@H](C#N)CC2C[C@@H]21. The van der Waals surface area contributed by atoms with E-state index in [9.17, 15) is 19.2 Å². The molecule has 0 spiro atoms. The molecule has 4 fully saturated rings. The van der Waals surface area contributed by atoms with Crippen LogP contribution in [0.25, 0.3) is 0 Å². The molecule has 2 unspecified atom stereocenters. The van der Waals surface area contributed by atoms with Gasteiger partial charge in [-0.3, -0.25) is 14.5 Å². The molecule has 3 saturated heterocycles. The second-order valence-corrected chi connectivity index (χ2v) is 9.10. The van der Waals surface area contributed by atoms with Crippen molar-refractivity contribution in [3.05, 3.63) is 35.6 Å². The molecule has 1 aromatic carbocycles. The Kier molecular flexibility index (Phi) is 4.56. The third-order valence-electron chi connectivity index (χ3n) is 7.34. The van der Waals surface area contributed by atoms with E-state index in [1.54, 1.807) is 28.0 Å². The number of benzene rings is 1. The predicted molar refractivity (Wildman–Crippen MR) is 106 cm³/mol. The number of nitrogens with zero attached hydrogens (tertiary/aromatic N) is 4. The highest BCUT2D eigenvalue weighted by atomic mass is 19.1. The Morgan fingerprint density at radius 3 is 2.80 bits per heavy atom. The van der Waals surface area contributed by atoms with Crippen LogP contribution in [0.1, 0.15) is 37.8 Å².